The Morgan fingerprint density at radius 3 is 2.11 bits per heavy atom. The van der Waals surface area contributed by atoms with E-state index in [0.29, 0.717) is 12.1 Å². The third-order valence-corrected chi connectivity index (χ3v) is 2.01. The van der Waals surface area contributed by atoms with Crippen molar-refractivity contribution < 1.29 is 0 Å². The number of nitrogens with one attached hydrogen (secondary N) is 1. The molecule has 0 unspecified atom stereocenters. The Morgan fingerprint density at radius 2 is 1.78 bits per heavy atom. The van der Waals surface area contributed by atoms with E-state index < -0.39 is 0 Å². The van der Waals surface area contributed by atoms with Gasteiger partial charge in [-0.2, -0.15) is 0 Å². The molecule has 1 saturated heterocycles. The van der Waals surface area contributed by atoms with Crippen molar-refractivity contribution in [3.63, 3.8) is 0 Å². The molecule has 1 aliphatic rings. The zero-order valence-electron chi connectivity index (χ0n) is 6.22. The van der Waals surface area contributed by atoms with E-state index in [0.717, 1.165) is 13.1 Å². The molecule has 0 saturated carbocycles. The summed E-state index contributed by atoms with van der Waals surface area (Å²) in [5.41, 5.74) is 0. The maximum atomic E-state index is 3.95. The highest BCUT2D eigenvalue weighted by Crippen LogP contribution is 2.05. The van der Waals surface area contributed by atoms with Crippen LogP contribution >= 0.6 is 0 Å². The fourth-order valence-corrected chi connectivity index (χ4v) is 1.17. The molecule has 2 nitrogen and oxygen atoms in total. The molecule has 2 atom stereocenters. The van der Waals surface area contributed by atoms with E-state index in [1.54, 1.807) is 0 Å². The van der Waals surface area contributed by atoms with Crippen LogP contribution in [-0.2, 0) is 0 Å². The second-order valence-electron chi connectivity index (χ2n) is 2.87. The quantitative estimate of drug-likeness (QED) is 0.476. The number of hydrogen-bond acceptors (Lipinski definition) is 2. The molecule has 0 radical (unpaired) electrons. The monoisotopic (exact) mass is 127 g/mol. The average Bonchev–Trinajstić information content (AvgIpc) is 1.83. The lowest BCUT2D eigenvalue weighted by molar-refractivity contribution is 0.175. The fraction of sp³-hybridized carbons (Fsp3) is 0.857. The number of hydrogen-bond donors (Lipinski definition) is 1. The molecule has 0 aromatic heterocycles. The van der Waals surface area contributed by atoms with Crippen LogP contribution in [0, 0.1) is 7.05 Å². The van der Waals surface area contributed by atoms with Gasteiger partial charge in [0, 0.05) is 13.1 Å². The van der Waals surface area contributed by atoms with Crippen molar-refractivity contribution in [3.8, 4) is 0 Å². The standard InChI is InChI=1S/C7H15N2/c1-6-4-8-5-7(2)9(6)3/h6-8H,3-5H2,1-2H3/q-1/t6-,7+. The van der Waals surface area contributed by atoms with Crippen LogP contribution in [0.1, 0.15) is 13.8 Å². The van der Waals surface area contributed by atoms with Gasteiger partial charge in [-0.3, -0.25) is 7.05 Å². The molecule has 1 aliphatic heterocycles. The van der Waals surface area contributed by atoms with Crippen molar-refractivity contribution in [2.75, 3.05) is 13.1 Å². The molecule has 0 aromatic rings. The minimum atomic E-state index is 0.591. The molecule has 0 bridgehead atoms. The van der Waals surface area contributed by atoms with Crippen LogP contribution in [0.25, 0.3) is 0 Å². The van der Waals surface area contributed by atoms with E-state index in [1.165, 1.54) is 0 Å². The Hall–Kier alpha value is -0.0800. The zero-order valence-corrected chi connectivity index (χ0v) is 6.22. The highest BCUT2D eigenvalue weighted by molar-refractivity contribution is 4.81. The summed E-state index contributed by atoms with van der Waals surface area (Å²) in [5, 5.41) is 3.33. The van der Waals surface area contributed by atoms with Crippen LogP contribution in [0.5, 0.6) is 0 Å². The average molecular weight is 127 g/mol. The van der Waals surface area contributed by atoms with Gasteiger partial charge < -0.3 is 10.2 Å². The molecule has 0 amide bonds. The Morgan fingerprint density at radius 1 is 1.33 bits per heavy atom. The van der Waals surface area contributed by atoms with Crippen molar-refractivity contribution in [2.24, 2.45) is 0 Å². The van der Waals surface area contributed by atoms with Gasteiger partial charge in [0.2, 0.25) is 0 Å². The van der Waals surface area contributed by atoms with Crippen LogP contribution in [-0.4, -0.2) is 30.1 Å². The van der Waals surface area contributed by atoms with Gasteiger partial charge in [-0.05, 0) is 12.1 Å². The maximum Gasteiger partial charge on any atom is 0.00819 e. The molecule has 1 heterocycles. The fourth-order valence-electron chi connectivity index (χ4n) is 1.17. The molecule has 1 N–H and O–H groups in total. The second kappa shape index (κ2) is 2.67. The van der Waals surface area contributed by atoms with Crippen molar-refractivity contribution >= 4 is 0 Å². The molecule has 0 aromatic carbocycles. The topological polar surface area (TPSA) is 15.3 Å². The summed E-state index contributed by atoms with van der Waals surface area (Å²) < 4.78 is 0. The molecule has 0 spiro atoms. The van der Waals surface area contributed by atoms with Gasteiger partial charge in [0.1, 0.15) is 0 Å². The van der Waals surface area contributed by atoms with Gasteiger partial charge in [0.15, 0.2) is 0 Å². The summed E-state index contributed by atoms with van der Waals surface area (Å²) in [6.07, 6.45) is 0. The highest BCUT2D eigenvalue weighted by Gasteiger charge is 2.14. The Bertz CT molecular complexity index is 82.9. The molecule has 1 rings (SSSR count). The highest BCUT2D eigenvalue weighted by atomic mass is 15.2. The maximum absolute atomic E-state index is 3.95. The number of nitrogens with zero attached hydrogens (tertiary/aromatic N) is 1. The van der Waals surface area contributed by atoms with E-state index in [4.69, 9.17) is 0 Å². The summed E-state index contributed by atoms with van der Waals surface area (Å²) in [6, 6.07) is 1.18. The minimum Gasteiger partial charge on any atom is -0.452 e. The molecular formula is C7H15N2-. The van der Waals surface area contributed by atoms with E-state index in [1.807, 2.05) is 0 Å². The lowest BCUT2D eigenvalue weighted by Crippen LogP contribution is -2.51. The second-order valence-corrected chi connectivity index (χ2v) is 2.87. The SMILES string of the molecule is [CH2-]N1[C@H](C)CNC[C@@H]1C. The molecule has 1 fully saturated rings. The van der Waals surface area contributed by atoms with Crippen LogP contribution in [0.4, 0.5) is 0 Å². The minimum absolute atomic E-state index is 0.591. The van der Waals surface area contributed by atoms with Crippen molar-refractivity contribution in [1.29, 1.82) is 0 Å². The third kappa shape index (κ3) is 1.43. The molecule has 54 valence electrons. The first-order valence-corrected chi connectivity index (χ1v) is 3.51. The third-order valence-electron chi connectivity index (χ3n) is 2.01. The van der Waals surface area contributed by atoms with Crippen LogP contribution in [0.3, 0.4) is 0 Å². The molecular weight excluding hydrogens is 112 g/mol. The van der Waals surface area contributed by atoms with Crippen LogP contribution in [0.15, 0.2) is 0 Å². The predicted molar refractivity (Wildman–Crippen MR) is 39.0 cm³/mol. The van der Waals surface area contributed by atoms with Gasteiger partial charge in [-0.25, -0.2) is 0 Å². The Kier molecular flexibility index (Phi) is 2.09. The van der Waals surface area contributed by atoms with Crippen molar-refractivity contribution in [2.45, 2.75) is 25.9 Å². The summed E-state index contributed by atoms with van der Waals surface area (Å²) in [5.74, 6) is 0. The van der Waals surface area contributed by atoms with E-state index in [2.05, 4.69) is 31.1 Å². The van der Waals surface area contributed by atoms with Crippen LogP contribution in [0.2, 0.25) is 0 Å². The first kappa shape index (κ1) is 7.03. The number of rotatable bonds is 0. The molecule has 9 heavy (non-hydrogen) atoms. The number of piperazine rings is 1. The van der Waals surface area contributed by atoms with Gasteiger partial charge in [0.05, 0.1) is 0 Å². The zero-order chi connectivity index (χ0) is 6.85. The van der Waals surface area contributed by atoms with E-state index >= 15 is 0 Å². The summed E-state index contributed by atoms with van der Waals surface area (Å²) in [4.78, 5) is 2.16. The van der Waals surface area contributed by atoms with E-state index in [-0.39, 0.29) is 0 Å². The van der Waals surface area contributed by atoms with Crippen molar-refractivity contribution in [1.82, 2.24) is 10.2 Å². The Balaban J connectivity index is 2.41. The Labute approximate surface area is 57.2 Å². The predicted octanol–water partition coefficient (Wildman–Crippen LogP) is 0.460. The van der Waals surface area contributed by atoms with Crippen LogP contribution < -0.4 is 5.32 Å². The van der Waals surface area contributed by atoms with E-state index in [9.17, 15) is 0 Å². The first-order chi connectivity index (χ1) is 4.22. The first-order valence-electron chi connectivity index (χ1n) is 3.51. The smallest absolute Gasteiger partial charge is 0.00819 e. The lowest BCUT2D eigenvalue weighted by atomic mass is 10.1. The van der Waals surface area contributed by atoms with Gasteiger partial charge in [-0.1, -0.05) is 13.8 Å². The summed E-state index contributed by atoms with van der Waals surface area (Å²) in [7, 11) is 3.95. The molecule has 0 aliphatic carbocycles. The van der Waals surface area contributed by atoms with Gasteiger partial charge >= 0.3 is 0 Å². The summed E-state index contributed by atoms with van der Waals surface area (Å²) in [6.45, 7) is 6.53. The van der Waals surface area contributed by atoms with Crippen molar-refractivity contribution in [3.05, 3.63) is 7.05 Å². The summed E-state index contributed by atoms with van der Waals surface area (Å²) >= 11 is 0. The van der Waals surface area contributed by atoms with Gasteiger partial charge in [-0.15, -0.1) is 0 Å². The molecule has 2 heteroatoms. The largest absolute Gasteiger partial charge is 0.452 e. The normalized spacial score (nSPS) is 39.0. The lowest BCUT2D eigenvalue weighted by Gasteiger charge is -2.43. The van der Waals surface area contributed by atoms with Gasteiger partial charge in [0.25, 0.3) is 0 Å².